The normalized spacial score (nSPS) is 15.9. The summed E-state index contributed by atoms with van der Waals surface area (Å²) >= 11 is 1.76. The maximum Gasteiger partial charge on any atom is 0.164 e. The van der Waals surface area contributed by atoms with E-state index < -0.39 is 0 Å². The first-order valence-electron chi connectivity index (χ1n) is 10.8. The van der Waals surface area contributed by atoms with Crippen molar-refractivity contribution < 1.29 is 9.47 Å². The summed E-state index contributed by atoms with van der Waals surface area (Å²) in [5.41, 5.74) is 7.74. The highest BCUT2D eigenvalue weighted by Crippen LogP contribution is 2.39. The Labute approximate surface area is 186 Å². The second kappa shape index (κ2) is 8.44. The number of benzene rings is 1. The molecule has 1 atom stereocenters. The molecule has 31 heavy (non-hydrogen) atoms. The van der Waals surface area contributed by atoms with Crippen LogP contribution in [0.5, 0.6) is 5.75 Å². The molecule has 0 spiro atoms. The van der Waals surface area contributed by atoms with E-state index in [-0.39, 0.29) is 0 Å². The predicted molar refractivity (Wildman–Crippen MR) is 125 cm³/mol. The average Bonchev–Trinajstić information content (AvgIpc) is 3.46. The molecule has 0 fully saturated rings. The van der Waals surface area contributed by atoms with Crippen LogP contribution >= 0.6 is 11.3 Å². The number of thiophene rings is 1. The number of rotatable bonds is 6. The Kier molecular flexibility index (Phi) is 5.50. The van der Waals surface area contributed by atoms with Crippen molar-refractivity contribution in [2.24, 2.45) is 5.92 Å². The van der Waals surface area contributed by atoms with Crippen molar-refractivity contribution in [3.05, 3.63) is 58.7 Å². The van der Waals surface area contributed by atoms with Crippen LogP contribution in [0.1, 0.15) is 36.7 Å². The number of hydrogen-bond donors (Lipinski definition) is 0. The molecule has 5 nitrogen and oxygen atoms in total. The van der Waals surface area contributed by atoms with Crippen molar-refractivity contribution in [2.45, 2.75) is 39.2 Å². The number of methoxy groups -OCH3 is 2. The van der Waals surface area contributed by atoms with Gasteiger partial charge in [-0.25, -0.2) is 9.50 Å². The maximum atomic E-state index is 5.52. The fraction of sp³-hybridized carbons (Fsp3) is 0.360. The van der Waals surface area contributed by atoms with Gasteiger partial charge in [-0.05, 0) is 54.3 Å². The van der Waals surface area contributed by atoms with Crippen LogP contribution in [0.3, 0.4) is 0 Å². The molecular weight excluding hydrogens is 406 g/mol. The lowest BCUT2D eigenvalue weighted by Crippen LogP contribution is -2.19. The highest BCUT2D eigenvalue weighted by molar-refractivity contribution is 7.13. The van der Waals surface area contributed by atoms with Gasteiger partial charge in [0, 0.05) is 18.4 Å². The third-order valence-corrected chi connectivity index (χ3v) is 7.19. The highest BCUT2D eigenvalue weighted by atomic mass is 32.1. The SMILES string of the molecule is CC[C@H]1CCc2c(c(-c3cccs3)nc3c(-c4ccc(OC)cc4)c(COC)nn23)C1. The van der Waals surface area contributed by atoms with Crippen LogP contribution < -0.4 is 4.74 Å². The summed E-state index contributed by atoms with van der Waals surface area (Å²) in [6.07, 6.45) is 4.50. The fourth-order valence-corrected chi connectivity index (χ4v) is 5.38. The summed E-state index contributed by atoms with van der Waals surface area (Å²) in [7, 11) is 3.40. The van der Waals surface area contributed by atoms with E-state index in [2.05, 4.69) is 41.1 Å². The molecule has 0 unspecified atom stereocenters. The summed E-state index contributed by atoms with van der Waals surface area (Å²) in [5, 5.41) is 7.14. The van der Waals surface area contributed by atoms with Crippen LogP contribution in [0.15, 0.2) is 41.8 Å². The Bertz CT molecular complexity index is 1200. The largest absolute Gasteiger partial charge is 0.497 e. The van der Waals surface area contributed by atoms with Gasteiger partial charge in [-0.1, -0.05) is 31.5 Å². The van der Waals surface area contributed by atoms with Gasteiger partial charge in [-0.3, -0.25) is 0 Å². The Balaban J connectivity index is 1.79. The van der Waals surface area contributed by atoms with E-state index in [9.17, 15) is 0 Å². The van der Waals surface area contributed by atoms with E-state index in [4.69, 9.17) is 19.6 Å². The van der Waals surface area contributed by atoms with E-state index in [0.29, 0.717) is 12.5 Å². The summed E-state index contributed by atoms with van der Waals surface area (Å²) in [6, 6.07) is 12.4. The number of nitrogens with zero attached hydrogens (tertiary/aromatic N) is 3. The zero-order chi connectivity index (χ0) is 21.4. The average molecular weight is 434 g/mol. The summed E-state index contributed by atoms with van der Waals surface area (Å²) in [5.74, 6) is 1.55. The monoisotopic (exact) mass is 433 g/mol. The molecule has 6 heteroatoms. The second-order valence-corrected chi connectivity index (χ2v) is 9.05. The Morgan fingerprint density at radius 1 is 1.16 bits per heavy atom. The minimum absolute atomic E-state index is 0.450. The molecule has 160 valence electrons. The summed E-state index contributed by atoms with van der Waals surface area (Å²) < 4.78 is 13.0. The third kappa shape index (κ3) is 3.54. The van der Waals surface area contributed by atoms with Crippen LogP contribution in [0.4, 0.5) is 0 Å². The van der Waals surface area contributed by atoms with Crippen LogP contribution in [0.25, 0.3) is 27.3 Å². The summed E-state index contributed by atoms with van der Waals surface area (Å²) in [6.45, 7) is 2.74. The number of fused-ring (bicyclic) bond motifs is 3. The van der Waals surface area contributed by atoms with E-state index in [1.54, 1.807) is 25.6 Å². The van der Waals surface area contributed by atoms with Gasteiger partial charge < -0.3 is 9.47 Å². The molecule has 0 aliphatic heterocycles. The lowest BCUT2D eigenvalue weighted by molar-refractivity contribution is 0.181. The molecular formula is C25H27N3O2S. The van der Waals surface area contributed by atoms with Crippen molar-refractivity contribution >= 4 is 17.0 Å². The second-order valence-electron chi connectivity index (χ2n) is 8.10. The lowest BCUT2D eigenvalue weighted by Gasteiger charge is -2.25. The van der Waals surface area contributed by atoms with Crippen molar-refractivity contribution in [1.82, 2.24) is 14.6 Å². The molecule has 0 saturated carbocycles. The number of ether oxygens (including phenoxy) is 2. The van der Waals surface area contributed by atoms with Gasteiger partial charge in [0.25, 0.3) is 0 Å². The van der Waals surface area contributed by atoms with Crippen LogP contribution in [-0.2, 0) is 24.2 Å². The first-order valence-corrected chi connectivity index (χ1v) is 11.7. The molecule has 1 aliphatic carbocycles. The van der Waals surface area contributed by atoms with Crippen molar-refractivity contribution in [1.29, 1.82) is 0 Å². The van der Waals surface area contributed by atoms with Gasteiger partial charge in [0.2, 0.25) is 0 Å². The van der Waals surface area contributed by atoms with Crippen molar-refractivity contribution in [3.8, 4) is 27.4 Å². The smallest absolute Gasteiger partial charge is 0.164 e. The van der Waals surface area contributed by atoms with E-state index in [0.717, 1.165) is 46.8 Å². The predicted octanol–water partition coefficient (Wildman–Crippen LogP) is 5.79. The van der Waals surface area contributed by atoms with E-state index in [1.165, 1.54) is 29.0 Å². The molecule has 1 aliphatic rings. The number of aromatic nitrogens is 3. The Morgan fingerprint density at radius 2 is 2.00 bits per heavy atom. The zero-order valence-electron chi connectivity index (χ0n) is 18.2. The van der Waals surface area contributed by atoms with Crippen molar-refractivity contribution in [2.75, 3.05) is 14.2 Å². The van der Waals surface area contributed by atoms with Gasteiger partial charge in [0.1, 0.15) is 5.75 Å². The number of aryl methyl sites for hydroxylation is 1. The Morgan fingerprint density at radius 3 is 2.68 bits per heavy atom. The molecule has 0 N–H and O–H groups in total. The molecule has 0 saturated heterocycles. The van der Waals surface area contributed by atoms with Gasteiger partial charge in [-0.15, -0.1) is 11.3 Å². The molecule has 0 bridgehead atoms. The van der Waals surface area contributed by atoms with Crippen molar-refractivity contribution in [3.63, 3.8) is 0 Å². The quantitative estimate of drug-likeness (QED) is 0.386. The molecule has 0 radical (unpaired) electrons. The zero-order valence-corrected chi connectivity index (χ0v) is 19.0. The first-order chi connectivity index (χ1) is 15.2. The van der Waals surface area contributed by atoms with Crippen LogP contribution in [0, 0.1) is 5.92 Å². The highest BCUT2D eigenvalue weighted by Gasteiger charge is 2.28. The fourth-order valence-electron chi connectivity index (χ4n) is 4.64. The molecule has 1 aromatic carbocycles. The van der Waals surface area contributed by atoms with E-state index in [1.807, 2.05) is 12.1 Å². The van der Waals surface area contributed by atoms with E-state index >= 15 is 0 Å². The molecule has 0 amide bonds. The van der Waals surface area contributed by atoms with Gasteiger partial charge in [0.05, 0.1) is 35.5 Å². The first kappa shape index (κ1) is 20.2. The molecule has 5 rings (SSSR count). The van der Waals surface area contributed by atoms with Gasteiger partial charge in [-0.2, -0.15) is 5.10 Å². The number of hydrogen-bond acceptors (Lipinski definition) is 5. The van der Waals surface area contributed by atoms with Gasteiger partial charge in [0.15, 0.2) is 5.65 Å². The topological polar surface area (TPSA) is 48.7 Å². The summed E-state index contributed by atoms with van der Waals surface area (Å²) in [4.78, 5) is 6.47. The standard InChI is InChI=1S/C25H27N3O2S/c1-4-16-7-12-21-19(14-16)24(22-6-5-13-31-22)26-25-23(20(15-29-2)27-28(21)25)17-8-10-18(30-3)11-9-17/h5-6,8-11,13,16H,4,7,12,14-15H2,1-3H3/t16-/m0/s1. The minimum Gasteiger partial charge on any atom is -0.497 e. The molecule has 3 aromatic heterocycles. The Hall–Kier alpha value is -2.70. The van der Waals surface area contributed by atoms with Crippen LogP contribution in [0.2, 0.25) is 0 Å². The minimum atomic E-state index is 0.450. The maximum absolute atomic E-state index is 5.52. The van der Waals surface area contributed by atoms with Crippen LogP contribution in [-0.4, -0.2) is 28.8 Å². The molecule has 3 heterocycles. The van der Waals surface area contributed by atoms with Gasteiger partial charge >= 0.3 is 0 Å². The molecule has 4 aromatic rings. The third-order valence-electron chi connectivity index (χ3n) is 6.31. The lowest BCUT2D eigenvalue weighted by atomic mass is 9.84.